The third-order valence-corrected chi connectivity index (χ3v) is 6.07. The van der Waals surface area contributed by atoms with Gasteiger partial charge in [-0.1, -0.05) is 23.8 Å². The van der Waals surface area contributed by atoms with Crippen LogP contribution in [-0.4, -0.2) is 38.2 Å². The molecule has 28 heavy (non-hydrogen) atoms. The van der Waals surface area contributed by atoms with Crippen molar-refractivity contribution in [3.63, 3.8) is 0 Å². The number of hydrogen-bond acceptors (Lipinski definition) is 6. The van der Waals surface area contributed by atoms with E-state index in [4.69, 9.17) is 4.98 Å². The largest absolute Gasteiger partial charge is 0.316 e. The van der Waals surface area contributed by atoms with Crippen LogP contribution in [0.3, 0.4) is 0 Å². The molecule has 2 N–H and O–H groups in total. The highest BCUT2D eigenvalue weighted by atomic mass is 32.1. The molecule has 3 aromatic heterocycles. The van der Waals surface area contributed by atoms with Crippen molar-refractivity contribution < 1.29 is 0 Å². The molecule has 7 heteroatoms. The SMILES string of the molecule is c1cc(CN2CCCCC2)cc(Nc2nc3ccc(-c4cn[nH]c4)cc3s2)n1. The van der Waals surface area contributed by atoms with Crippen LogP contribution in [0.2, 0.25) is 0 Å². The van der Waals surface area contributed by atoms with Gasteiger partial charge in [0, 0.05) is 24.5 Å². The molecule has 0 atom stereocenters. The van der Waals surface area contributed by atoms with E-state index in [1.165, 1.54) is 37.9 Å². The number of fused-ring (bicyclic) bond motifs is 1. The van der Waals surface area contributed by atoms with Crippen molar-refractivity contribution in [3.05, 3.63) is 54.5 Å². The summed E-state index contributed by atoms with van der Waals surface area (Å²) in [5.74, 6) is 0.851. The molecule has 0 saturated carbocycles. The molecule has 142 valence electrons. The minimum absolute atomic E-state index is 0.851. The van der Waals surface area contributed by atoms with Crippen LogP contribution >= 0.6 is 11.3 Å². The average Bonchev–Trinajstić information content (AvgIpc) is 3.38. The van der Waals surface area contributed by atoms with Crippen LogP contribution < -0.4 is 5.32 Å². The van der Waals surface area contributed by atoms with E-state index < -0.39 is 0 Å². The molecule has 0 amide bonds. The number of thiazole rings is 1. The van der Waals surface area contributed by atoms with Gasteiger partial charge in [0.15, 0.2) is 5.13 Å². The van der Waals surface area contributed by atoms with Gasteiger partial charge in [-0.15, -0.1) is 0 Å². The van der Waals surface area contributed by atoms with E-state index >= 15 is 0 Å². The first-order valence-electron chi connectivity index (χ1n) is 9.67. The average molecular weight is 391 g/mol. The Bertz CT molecular complexity index is 1070. The lowest BCUT2D eigenvalue weighted by molar-refractivity contribution is 0.221. The van der Waals surface area contributed by atoms with E-state index in [-0.39, 0.29) is 0 Å². The molecule has 1 aliphatic rings. The standard InChI is InChI=1S/C21H22N6S/c1-2-8-27(9-3-1)14-15-6-7-22-20(10-15)26-21-25-18-5-4-16(11-19(18)28-21)17-12-23-24-13-17/h4-7,10-13H,1-3,8-9,14H2,(H,23,24)(H,22,25,26). The molecular formula is C21H22N6S. The molecular weight excluding hydrogens is 368 g/mol. The lowest BCUT2D eigenvalue weighted by Gasteiger charge is -2.26. The number of hydrogen-bond donors (Lipinski definition) is 2. The van der Waals surface area contributed by atoms with Crippen molar-refractivity contribution in [3.8, 4) is 11.1 Å². The molecule has 1 aromatic carbocycles. The summed E-state index contributed by atoms with van der Waals surface area (Å²) >= 11 is 1.64. The first-order valence-corrected chi connectivity index (χ1v) is 10.5. The Morgan fingerprint density at radius 1 is 1.07 bits per heavy atom. The predicted molar refractivity (Wildman–Crippen MR) is 114 cm³/mol. The normalized spacial score (nSPS) is 15.1. The molecule has 5 rings (SSSR count). The minimum atomic E-state index is 0.851. The van der Waals surface area contributed by atoms with Gasteiger partial charge in [0.05, 0.1) is 16.4 Å². The Kier molecular flexibility index (Phi) is 4.76. The van der Waals surface area contributed by atoms with Crippen LogP contribution in [0.25, 0.3) is 21.3 Å². The Labute approximate surface area is 167 Å². The zero-order valence-corrected chi connectivity index (χ0v) is 16.4. The smallest absolute Gasteiger partial charge is 0.189 e. The van der Waals surface area contributed by atoms with E-state index in [2.05, 4.69) is 55.7 Å². The lowest BCUT2D eigenvalue weighted by atomic mass is 10.1. The number of anilines is 2. The number of benzene rings is 1. The van der Waals surface area contributed by atoms with Gasteiger partial charge >= 0.3 is 0 Å². The van der Waals surface area contributed by atoms with E-state index in [0.29, 0.717) is 0 Å². The van der Waals surface area contributed by atoms with Crippen LogP contribution in [0.5, 0.6) is 0 Å². The molecule has 4 aromatic rings. The third kappa shape index (κ3) is 3.76. The monoisotopic (exact) mass is 390 g/mol. The summed E-state index contributed by atoms with van der Waals surface area (Å²) in [6.07, 6.45) is 9.59. The van der Waals surface area contributed by atoms with Crippen LogP contribution in [0.1, 0.15) is 24.8 Å². The summed E-state index contributed by atoms with van der Waals surface area (Å²) in [5, 5.41) is 11.1. The van der Waals surface area contributed by atoms with Crippen molar-refractivity contribution in [1.82, 2.24) is 25.1 Å². The van der Waals surface area contributed by atoms with Crippen molar-refractivity contribution >= 4 is 32.5 Å². The molecule has 0 spiro atoms. The zero-order valence-electron chi connectivity index (χ0n) is 15.6. The quantitative estimate of drug-likeness (QED) is 0.512. The van der Waals surface area contributed by atoms with Crippen LogP contribution in [0, 0.1) is 0 Å². The summed E-state index contributed by atoms with van der Waals surface area (Å²) in [4.78, 5) is 11.7. The Balaban J connectivity index is 1.34. The van der Waals surface area contributed by atoms with Gasteiger partial charge in [0.1, 0.15) is 5.82 Å². The van der Waals surface area contributed by atoms with E-state index in [9.17, 15) is 0 Å². The summed E-state index contributed by atoms with van der Waals surface area (Å²) in [6, 6.07) is 10.5. The van der Waals surface area contributed by atoms with Gasteiger partial charge in [0.25, 0.3) is 0 Å². The van der Waals surface area contributed by atoms with Crippen molar-refractivity contribution in [1.29, 1.82) is 0 Å². The van der Waals surface area contributed by atoms with Crippen LogP contribution in [0.4, 0.5) is 10.9 Å². The molecule has 0 unspecified atom stereocenters. The topological polar surface area (TPSA) is 69.7 Å². The third-order valence-electron chi connectivity index (χ3n) is 5.13. The first-order chi connectivity index (χ1) is 13.8. The zero-order chi connectivity index (χ0) is 18.8. The number of nitrogens with zero attached hydrogens (tertiary/aromatic N) is 4. The lowest BCUT2D eigenvalue weighted by Crippen LogP contribution is -2.29. The molecule has 0 aliphatic carbocycles. The highest BCUT2D eigenvalue weighted by molar-refractivity contribution is 7.22. The predicted octanol–water partition coefficient (Wildman–Crippen LogP) is 4.81. The van der Waals surface area contributed by atoms with E-state index in [1.807, 2.05) is 18.6 Å². The second kappa shape index (κ2) is 7.69. The maximum Gasteiger partial charge on any atom is 0.189 e. The van der Waals surface area contributed by atoms with Crippen molar-refractivity contribution in [2.45, 2.75) is 25.8 Å². The van der Waals surface area contributed by atoms with Gasteiger partial charge in [-0.2, -0.15) is 5.10 Å². The summed E-state index contributed by atoms with van der Waals surface area (Å²) in [7, 11) is 0. The fourth-order valence-electron chi connectivity index (χ4n) is 3.69. The van der Waals surface area contributed by atoms with Crippen molar-refractivity contribution in [2.75, 3.05) is 18.4 Å². The first kappa shape index (κ1) is 17.3. The van der Waals surface area contributed by atoms with Gasteiger partial charge in [0.2, 0.25) is 0 Å². The fraction of sp³-hybridized carbons (Fsp3) is 0.286. The summed E-state index contributed by atoms with van der Waals surface area (Å²) in [5.41, 5.74) is 4.50. The minimum Gasteiger partial charge on any atom is -0.316 e. The van der Waals surface area contributed by atoms with Gasteiger partial charge in [-0.05, 0) is 61.3 Å². The summed E-state index contributed by atoms with van der Waals surface area (Å²) < 4.78 is 1.14. The van der Waals surface area contributed by atoms with E-state index in [0.717, 1.165) is 38.8 Å². The Morgan fingerprint density at radius 2 is 2.00 bits per heavy atom. The number of nitrogens with one attached hydrogen (secondary N) is 2. The number of aromatic amines is 1. The molecule has 0 bridgehead atoms. The Morgan fingerprint density at radius 3 is 2.86 bits per heavy atom. The highest BCUT2D eigenvalue weighted by Crippen LogP contribution is 2.31. The molecule has 4 heterocycles. The fourth-order valence-corrected chi connectivity index (χ4v) is 4.60. The molecule has 1 aliphatic heterocycles. The second-order valence-corrected chi connectivity index (χ2v) is 8.23. The van der Waals surface area contributed by atoms with Gasteiger partial charge in [-0.25, -0.2) is 9.97 Å². The molecule has 0 radical (unpaired) electrons. The number of rotatable bonds is 5. The number of piperidine rings is 1. The van der Waals surface area contributed by atoms with Gasteiger partial charge < -0.3 is 5.32 Å². The van der Waals surface area contributed by atoms with Crippen molar-refractivity contribution in [2.24, 2.45) is 0 Å². The maximum atomic E-state index is 4.71. The maximum absolute atomic E-state index is 4.71. The molecule has 1 saturated heterocycles. The van der Waals surface area contributed by atoms with Crippen LogP contribution in [0.15, 0.2) is 48.9 Å². The molecule has 6 nitrogen and oxygen atoms in total. The summed E-state index contributed by atoms with van der Waals surface area (Å²) in [6.45, 7) is 3.38. The van der Waals surface area contributed by atoms with E-state index in [1.54, 1.807) is 11.3 Å². The second-order valence-electron chi connectivity index (χ2n) is 7.20. The van der Waals surface area contributed by atoms with Crippen LogP contribution in [-0.2, 0) is 6.54 Å². The molecule has 1 fully saturated rings. The number of aromatic nitrogens is 4. The number of H-pyrrole nitrogens is 1. The van der Waals surface area contributed by atoms with Gasteiger partial charge in [-0.3, -0.25) is 10.00 Å². The Hall–Kier alpha value is -2.77. The number of pyridine rings is 1. The number of likely N-dealkylation sites (tertiary alicyclic amines) is 1. The highest BCUT2D eigenvalue weighted by Gasteiger charge is 2.11.